The third-order valence-corrected chi connectivity index (χ3v) is 8.20. The van der Waals surface area contributed by atoms with Crippen LogP contribution in [0.5, 0.6) is 0 Å². The van der Waals surface area contributed by atoms with Crippen molar-refractivity contribution in [2.75, 3.05) is 39.4 Å². The number of rotatable bonds is 8. The first-order valence-electron chi connectivity index (χ1n) is 11.7. The van der Waals surface area contributed by atoms with Gasteiger partial charge in [0.1, 0.15) is 0 Å². The van der Waals surface area contributed by atoms with Crippen molar-refractivity contribution in [1.82, 2.24) is 14.5 Å². The number of nitrogens with one attached hydrogen (secondary N) is 1. The molecule has 2 aliphatic heterocycles. The normalized spacial score (nSPS) is 20.4. The highest BCUT2D eigenvalue weighted by Crippen LogP contribution is 2.19. The summed E-state index contributed by atoms with van der Waals surface area (Å²) in [5.41, 5.74) is 2.25. The zero-order chi connectivity index (χ0) is 23.1. The quantitative estimate of drug-likeness (QED) is 0.640. The number of ether oxygens (including phenoxy) is 1. The Morgan fingerprint density at radius 1 is 0.970 bits per heavy atom. The minimum absolute atomic E-state index is 0.0478. The summed E-state index contributed by atoms with van der Waals surface area (Å²) in [6, 6.07) is 17.5. The Morgan fingerprint density at radius 3 is 2.42 bits per heavy atom. The predicted octanol–water partition coefficient (Wildman–Crippen LogP) is 2.42. The van der Waals surface area contributed by atoms with Crippen molar-refractivity contribution in [2.24, 2.45) is 0 Å². The molecule has 2 heterocycles. The first-order valence-corrected chi connectivity index (χ1v) is 13.2. The van der Waals surface area contributed by atoms with Gasteiger partial charge in [0.05, 0.1) is 18.1 Å². The van der Waals surface area contributed by atoms with Crippen LogP contribution >= 0.6 is 0 Å². The van der Waals surface area contributed by atoms with Gasteiger partial charge in [0, 0.05) is 38.6 Å². The highest BCUT2D eigenvalue weighted by molar-refractivity contribution is 7.89. The van der Waals surface area contributed by atoms with Gasteiger partial charge >= 0.3 is 0 Å². The number of piperidine rings is 1. The fraction of sp³-hybridized carbons (Fsp3) is 0.480. The molecule has 33 heavy (non-hydrogen) atoms. The van der Waals surface area contributed by atoms with E-state index >= 15 is 0 Å². The molecule has 7 nitrogen and oxygen atoms in total. The average molecular weight is 472 g/mol. The number of amides is 1. The van der Waals surface area contributed by atoms with Gasteiger partial charge in [-0.05, 0) is 49.1 Å². The molecule has 0 saturated carbocycles. The molecule has 0 radical (unpaired) electrons. The Hall–Kier alpha value is -2.26. The molecule has 2 aromatic carbocycles. The van der Waals surface area contributed by atoms with Crippen molar-refractivity contribution >= 4 is 15.9 Å². The number of aryl methyl sites for hydroxylation is 1. The van der Waals surface area contributed by atoms with Gasteiger partial charge in [-0.3, -0.25) is 9.69 Å². The zero-order valence-corrected chi connectivity index (χ0v) is 19.8. The number of hydrogen-bond donors (Lipinski definition) is 1. The summed E-state index contributed by atoms with van der Waals surface area (Å²) >= 11 is 0. The lowest BCUT2D eigenvalue weighted by Gasteiger charge is -2.33. The highest BCUT2D eigenvalue weighted by Gasteiger charge is 2.26. The summed E-state index contributed by atoms with van der Waals surface area (Å²) in [5.74, 6) is 0.0478. The van der Waals surface area contributed by atoms with Crippen LogP contribution in [0, 0.1) is 0 Å². The molecule has 8 heteroatoms. The number of benzene rings is 2. The van der Waals surface area contributed by atoms with E-state index in [0.29, 0.717) is 44.0 Å². The van der Waals surface area contributed by atoms with Crippen LogP contribution in [0.4, 0.5) is 0 Å². The summed E-state index contributed by atoms with van der Waals surface area (Å²) in [4.78, 5) is 15.2. The average Bonchev–Trinajstić information content (AvgIpc) is 2.84. The fourth-order valence-corrected chi connectivity index (χ4v) is 5.89. The molecule has 2 fully saturated rings. The van der Waals surface area contributed by atoms with E-state index in [1.807, 2.05) is 18.2 Å². The number of carbonyl (C=O) groups is 1. The second-order valence-electron chi connectivity index (χ2n) is 8.79. The van der Waals surface area contributed by atoms with E-state index in [4.69, 9.17) is 4.74 Å². The highest BCUT2D eigenvalue weighted by atomic mass is 32.2. The van der Waals surface area contributed by atoms with E-state index in [1.54, 1.807) is 12.1 Å². The number of morpholine rings is 1. The van der Waals surface area contributed by atoms with Crippen LogP contribution in [0.1, 0.15) is 30.4 Å². The Kier molecular flexibility index (Phi) is 8.14. The first-order chi connectivity index (χ1) is 16.0. The predicted molar refractivity (Wildman–Crippen MR) is 127 cm³/mol. The van der Waals surface area contributed by atoms with Crippen molar-refractivity contribution in [1.29, 1.82) is 0 Å². The van der Waals surface area contributed by atoms with Crippen LogP contribution in [0.15, 0.2) is 59.5 Å². The summed E-state index contributed by atoms with van der Waals surface area (Å²) in [6.07, 6.45) is 3.07. The smallest absolute Gasteiger partial charge is 0.243 e. The number of carbonyl (C=O) groups excluding carboxylic acids is 1. The standard InChI is InChI=1S/C25H33N3O4S/c29-25(26-23-7-4-14-27(20-23)19-22-5-2-1-3-6-22)13-10-21-8-11-24(12-9-21)33(30,31)28-15-17-32-18-16-28/h1-3,5-6,8-9,11-12,23H,4,7,10,13-20H2,(H,26,29). The number of hydrogen-bond acceptors (Lipinski definition) is 5. The van der Waals surface area contributed by atoms with E-state index in [2.05, 4.69) is 34.5 Å². The van der Waals surface area contributed by atoms with Gasteiger partial charge in [-0.1, -0.05) is 42.5 Å². The lowest BCUT2D eigenvalue weighted by atomic mass is 10.0. The molecule has 2 aromatic rings. The molecule has 0 spiro atoms. The Balaban J connectivity index is 1.24. The molecule has 0 bridgehead atoms. The van der Waals surface area contributed by atoms with Crippen molar-refractivity contribution < 1.29 is 17.9 Å². The maximum absolute atomic E-state index is 12.7. The maximum atomic E-state index is 12.7. The minimum atomic E-state index is -3.49. The molecule has 1 unspecified atom stereocenters. The number of nitrogens with zero attached hydrogens (tertiary/aromatic N) is 2. The van der Waals surface area contributed by atoms with Crippen molar-refractivity contribution in [2.45, 2.75) is 43.2 Å². The molecule has 2 aliphatic rings. The topological polar surface area (TPSA) is 79.0 Å². The van der Waals surface area contributed by atoms with Crippen LogP contribution in [0.2, 0.25) is 0 Å². The Labute approximate surface area is 196 Å². The minimum Gasteiger partial charge on any atom is -0.379 e. The van der Waals surface area contributed by atoms with E-state index in [-0.39, 0.29) is 11.9 Å². The second-order valence-corrected chi connectivity index (χ2v) is 10.7. The van der Waals surface area contributed by atoms with Gasteiger partial charge in [0.25, 0.3) is 0 Å². The molecule has 1 atom stereocenters. The largest absolute Gasteiger partial charge is 0.379 e. The van der Waals surface area contributed by atoms with Crippen LogP contribution < -0.4 is 5.32 Å². The van der Waals surface area contributed by atoms with Crippen LogP contribution in [-0.2, 0) is 32.5 Å². The SMILES string of the molecule is O=C(CCc1ccc(S(=O)(=O)N2CCOCC2)cc1)NC1CCCN(Cc2ccccc2)C1. The van der Waals surface area contributed by atoms with Gasteiger partial charge in [0.15, 0.2) is 0 Å². The van der Waals surface area contributed by atoms with Crippen molar-refractivity contribution in [3.05, 3.63) is 65.7 Å². The molecule has 4 rings (SSSR count). The van der Waals surface area contributed by atoms with E-state index in [0.717, 1.165) is 38.0 Å². The monoisotopic (exact) mass is 471 g/mol. The lowest BCUT2D eigenvalue weighted by molar-refractivity contribution is -0.122. The molecule has 0 aromatic heterocycles. The first kappa shape index (κ1) is 23.9. The molecule has 178 valence electrons. The van der Waals surface area contributed by atoms with E-state index in [9.17, 15) is 13.2 Å². The zero-order valence-electron chi connectivity index (χ0n) is 19.0. The Bertz CT molecular complexity index is 1010. The summed E-state index contributed by atoms with van der Waals surface area (Å²) in [7, 11) is -3.49. The lowest BCUT2D eigenvalue weighted by Crippen LogP contribution is -2.47. The molecule has 0 aliphatic carbocycles. The molecule has 2 saturated heterocycles. The van der Waals surface area contributed by atoms with Gasteiger partial charge in [0.2, 0.25) is 15.9 Å². The third kappa shape index (κ3) is 6.63. The van der Waals surface area contributed by atoms with Crippen LogP contribution in [0.3, 0.4) is 0 Å². The summed E-state index contributed by atoms with van der Waals surface area (Å²) in [5, 5.41) is 3.19. The van der Waals surface area contributed by atoms with Gasteiger partial charge in [-0.2, -0.15) is 4.31 Å². The summed E-state index contributed by atoms with van der Waals surface area (Å²) < 4.78 is 32.2. The maximum Gasteiger partial charge on any atom is 0.243 e. The van der Waals surface area contributed by atoms with Crippen LogP contribution in [0.25, 0.3) is 0 Å². The van der Waals surface area contributed by atoms with E-state index in [1.165, 1.54) is 9.87 Å². The van der Waals surface area contributed by atoms with Crippen LogP contribution in [-0.4, -0.2) is 69.0 Å². The number of sulfonamides is 1. The Morgan fingerprint density at radius 2 is 1.70 bits per heavy atom. The van der Waals surface area contributed by atoms with Crippen molar-refractivity contribution in [3.63, 3.8) is 0 Å². The summed E-state index contributed by atoms with van der Waals surface area (Å²) in [6.45, 7) is 4.46. The van der Waals surface area contributed by atoms with Crippen molar-refractivity contribution in [3.8, 4) is 0 Å². The third-order valence-electron chi connectivity index (χ3n) is 6.29. The molecule has 1 amide bonds. The van der Waals surface area contributed by atoms with Gasteiger partial charge < -0.3 is 10.1 Å². The molecule has 1 N–H and O–H groups in total. The fourth-order valence-electron chi connectivity index (χ4n) is 4.48. The second kappa shape index (κ2) is 11.2. The molecular formula is C25H33N3O4S. The van der Waals surface area contributed by atoms with Gasteiger partial charge in [-0.15, -0.1) is 0 Å². The molecular weight excluding hydrogens is 438 g/mol. The number of likely N-dealkylation sites (tertiary alicyclic amines) is 1. The van der Waals surface area contributed by atoms with E-state index < -0.39 is 10.0 Å². The van der Waals surface area contributed by atoms with Gasteiger partial charge in [-0.25, -0.2) is 8.42 Å².